The highest BCUT2D eigenvalue weighted by molar-refractivity contribution is 5.93. The molecule has 0 atom stereocenters. The predicted octanol–water partition coefficient (Wildman–Crippen LogP) is 1.80. The molecule has 2 aromatic heterocycles. The van der Waals surface area contributed by atoms with Gasteiger partial charge in [-0.1, -0.05) is 6.07 Å². The normalized spacial score (nSPS) is 11.3. The Bertz CT molecular complexity index is 580. The van der Waals surface area contributed by atoms with E-state index >= 15 is 0 Å². The van der Waals surface area contributed by atoms with E-state index in [1.54, 1.807) is 24.4 Å². The largest absolute Gasteiger partial charge is 0.420 e. The van der Waals surface area contributed by atoms with Crippen LogP contribution in [0.1, 0.15) is 21.7 Å². The van der Waals surface area contributed by atoms with E-state index in [2.05, 4.69) is 20.5 Å². The van der Waals surface area contributed by atoms with Crippen LogP contribution >= 0.6 is 0 Å². The number of aromatic nitrogens is 3. The van der Waals surface area contributed by atoms with Crippen molar-refractivity contribution in [3.05, 3.63) is 47.5 Å². The van der Waals surface area contributed by atoms with Gasteiger partial charge in [0.2, 0.25) is 0 Å². The molecule has 2 N–H and O–H groups in total. The van der Waals surface area contributed by atoms with Crippen molar-refractivity contribution in [1.82, 2.24) is 20.5 Å². The van der Waals surface area contributed by atoms with Gasteiger partial charge in [-0.3, -0.25) is 14.9 Å². The lowest BCUT2D eigenvalue weighted by Gasteiger charge is -2.07. The van der Waals surface area contributed by atoms with Gasteiger partial charge in [-0.2, -0.15) is 18.3 Å². The number of halogens is 3. The first-order valence-electron chi connectivity index (χ1n) is 5.77. The van der Waals surface area contributed by atoms with Crippen LogP contribution in [0, 0.1) is 0 Å². The van der Waals surface area contributed by atoms with E-state index in [4.69, 9.17) is 0 Å². The quantitative estimate of drug-likeness (QED) is 0.899. The van der Waals surface area contributed by atoms with Crippen molar-refractivity contribution in [1.29, 1.82) is 0 Å². The SMILES string of the molecule is O=C(NCCc1ccccn1)c1[nH]ncc1C(F)(F)F. The number of nitrogens with one attached hydrogen (secondary N) is 2. The molecule has 0 aliphatic carbocycles. The molecule has 0 aliphatic rings. The summed E-state index contributed by atoms with van der Waals surface area (Å²) >= 11 is 0. The fourth-order valence-electron chi connectivity index (χ4n) is 1.61. The van der Waals surface area contributed by atoms with Crippen LogP contribution < -0.4 is 5.32 Å². The Labute approximate surface area is 112 Å². The molecular formula is C12H11F3N4O. The number of alkyl halides is 3. The van der Waals surface area contributed by atoms with Gasteiger partial charge in [0.05, 0.1) is 6.20 Å². The maximum absolute atomic E-state index is 12.6. The van der Waals surface area contributed by atoms with Crippen molar-refractivity contribution in [3.63, 3.8) is 0 Å². The zero-order valence-corrected chi connectivity index (χ0v) is 10.2. The highest BCUT2D eigenvalue weighted by Gasteiger charge is 2.36. The van der Waals surface area contributed by atoms with Crippen molar-refractivity contribution < 1.29 is 18.0 Å². The van der Waals surface area contributed by atoms with Gasteiger partial charge in [0.15, 0.2) is 0 Å². The minimum Gasteiger partial charge on any atom is -0.350 e. The van der Waals surface area contributed by atoms with Crippen LogP contribution in [0.3, 0.4) is 0 Å². The molecule has 2 rings (SSSR count). The molecule has 0 aliphatic heterocycles. The second kappa shape index (κ2) is 5.72. The van der Waals surface area contributed by atoms with E-state index in [1.807, 2.05) is 0 Å². The molecule has 0 aromatic carbocycles. The number of carbonyl (C=O) groups excluding carboxylic acids is 1. The van der Waals surface area contributed by atoms with Crippen LogP contribution in [0.5, 0.6) is 0 Å². The van der Waals surface area contributed by atoms with Gasteiger partial charge in [0, 0.05) is 24.9 Å². The number of hydrogen-bond donors (Lipinski definition) is 2. The summed E-state index contributed by atoms with van der Waals surface area (Å²) in [5, 5.41) is 7.72. The van der Waals surface area contributed by atoms with E-state index in [0.717, 1.165) is 5.69 Å². The number of nitrogens with zero attached hydrogens (tertiary/aromatic N) is 2. The maximum Gasteiger partial charge on any atom is 0.420 e. The fraction of sp³-hybridized carbons (Fsp3) is 0.250. The molecule has 2 aromatic rings. The summed E-state index contributed by atoms with van der Waals surface area (Å²) in [7, 11) is 0. The summed E-state index contributed by atoms with van der Waals surface area (Å²) in [6.45, 7) is 0.187. The van der Waals surface area contributed by atoms with Gasteiger partial charge >= 0.3 is 6.18 Å². The number of hydrogen-bond acceptors (Lipinski definition) is 3. The first-order valence-corrected chi connectivity index (χ1v) is 5.77. The Hall–Kier alpha value is -2.38. The lowest BCUT2D eigenvalue weighted by Crippen LogP contribution is -2.28. The average Bonchev–Trinajstić information content (AvgIpc) is 2.89. The van der Waals surface area contributed by atoms with Gasteiger partial charge < -0.3 is 5.32 Å². The summed E-state index contributed by atoms with van der Waals surface area (Å²) in [6.07, 6.45) is -1.98. The van der Waals surface area contributed by atoms with E-state index in [0.29, 0.717) is 12.6 Å². The van der Waals surface area contributed by atoms with Crippen molar-refractivity contribution in [2.24, 2.45) is 0 Å². The second-order valence-corrected chi connectivity index (χ2v) is 3.98. The van der Waals surface area contributed by atoms with E-state index < -0.39 is 23.3 Å². The van der Waals surface area contributed by atoms with Crippen molar-refractivity contribution in [3.8, 4) is 0 Å². The topological polar surface area (TPSA) is 70.7 Å². The third-order valence-corrected chi connectivity index (χ3v) is 2.56. The fourth-order valence-corrected chi connectivity index (χ4v) is 1.61. The van der Waals surface area contributed by atoms with Gasteiger partial charge in [-0.15, -0.1) is 0 Å². The third kappa shape index (κ3) is 3.34. The van der Waals surface area contributed by atoms with Crippen molar-refractivity contribution in [2.45, 2.75) is 12.6 Å². The summed E-state index contributed by atoms with van der Waals surface area (Å²) in [5.74, 6) is -0.842. The van der Waals surface area contributed by atoms with Crippen LogP contribution in [-0.2, 0) is 12.6 Å². The number of H-pyrrole nitrogens is 1. The highest BCUT2D eigenvalue weighted by Crippen LogP contribution is 2.30. The van der Waals surface area contributed by atoms with Crippen LogP contribution in [-0.4, -0.2) is 27.6 Å². The Morgan fingerprint density at radius 1 is 1.35 bits per heavy atom. The molecule has 0 radical (unpaired) electrons. The Morgan fingerprint density at radius 3 is 2.80 bits per heavy atom. The molecule has 8 heteroatoms. The van der Waals surface area contributed by atoms with Gasteiger partial charge in [-0.05, 0) is 12.1 Å². The lowest BCUT2D eigenvalue weighted by atomic mass is 10.2. The first kappa shape index (κ1) is 14.0. The second-order valence-electron chi connectivity index (χ2n) is 3.98. The van der Waals surface area contributed by atoms with Gasteiger partial charge in [0.25, 0.3) is 5.91 Å². The molecule has 106 valence electrons. The van der Waals surface area contributed by atoms with Gasteiger partial charge in [0.1, 0.15) is 11.3 Å². The Balaban J connectivity index is 1.95. The molecule has 0 saturated carbocycles. The predicted molar refractivity (Wildman–Crippen MR) is 63.9 cm³/mol. The zero-order valence-electron chi connectivity index (χ0n) is 10.2. The van der Waals surface area contributed by atoms with E-state index in [1.165, 1.54) is 0 Å². The summed E-state index contributed by atoms with van der Waals surface area (Å²) in [4.78, 5) is 15.7. The average molecular weight is 284 g/mol. The molecule has 1 amide bonds. The molecule has 20 heavy (non-hydrogen) atoms. The van der Waals surface area contributed by atoms with Crippen LogP contribution in [0.2, 0.25) is 0 Å². The number of rotatable bonds is 4. The highest BCUT2D eigenvalue weighted by atomic mass is 19.4. The molecule has 0 fully saturated rings. The van der Waals surface area contributed by atoms with E-state index in [9.17, 15) is 18.0 Å². The summed E-state index contributed by atoms with van der Waals surface area (Å²) < 4.78 is 37.7. The van der Waals surface area contributed by atoms with E-state index in [-0.39, 0.29) is 6.54 Å². The number of amides is 1. The molecule has 2 heterocycles. The number of aromatic amines is 1. The van der Waals surface area contributed by atoms with Crippen LogP contribution in [0.25, 0.3) is 0 Å². The molecule has 5 nitrogen and oxygen atoms in total. The molecule has 0 bridgehead atoms. The molecule has 0 unspecified atom stereocenters. The van der Waals surface area contributed by atoms with Crippen molar-refractivity contribution >= 4 is 5.91 Å². The monoisotopic (exact) mass is 284 g/mol. The molecule has 0 saturated heterocycles. The maximum atomic E-state index is 12.6. The zero-order chi connectivity index (χ0) is 14.6. The molecule has 0 spiro atoms. The number of carbonyl (C=O) groups is 1. The van der Waals surface area contributed by atoms with Crippen LogP contribution in [0.15, 0.2) is 30.6 Å². The van der Waals surface area contributed by atoms with Crippen molar-refractivity contribution in [2.75, 3.05) is 6.54 Å². The lowest BCUT2D eigenvalue weighted by molar-refractivity contribution is -0.137. The summed E-state index contributed by atoms with van der Waals surface area (Å²) in [6, 6.07) is 5.31. The minimum absolute atomic E-state index is 0.187. The Kier molecular flexibility index (Phi) is 4.02. The minimum atomic E-state index is -4.61. The number of pyridine rings is 1. The molecular weight excluding hydrogens is 273 g/mol. The van der Waals surface area contributed by atoms with Gasteiger partial charge in [-0.25, -0.2) is 0 Å². The third-order valence-electron chi connectivity index (χ3n) is 2.56. The standard InChI is InChI=1S/C12H11F3N4O/c13-12(14,15)9-7-18-19-10(9)11(20)17-6-4-8-3-1-2-5-16-8/h1-3,5,7H,4,6H2,(H,17,20)(H,18,19). The Morgan fingerprint density at radius 2 is 2.15 bits per heavy atom. The summed E-state index contributed by atoms with van der Waals surface area (Å²) in [5.41, 5.74) is -0.917. The smallest absolute Gasteiger partial charge is 0.350 e. The van der Waals surface area contributed by atoms with Crippen LogP contribution in [0.4, 0.5) is 13.2 Å². The first-order chi connectivity index (χ1) is 9.48.